The molecule has 4 nitrogen and oxygen atoms in total. The maximum atomic E-state index is 10.6. The summed E-state index contributed by atoms with van der Waals surface area (Å²) < 4.78 is 26.8. The van der Waals surface area contributed by atoms with Gasteiger partial charge in [-0.05, 0) is 28.8 Å². The molecule has 0 aliphatic rings. The first kappa shape index (κ1) is 20.3. The Balaban J connectivity index is 0. The van der Waals surface area contributed by atoms with Crippen LogP contribution in [-0.2, 0) is 19.1 Å². The van der Waals surface area contributed by atoms with E-state index in [0.29, 0.717) is 12.5 Å². The normalized spacial score (nSPS) is 9.78. The van der Waals surface area contributed by atoms with Crippen LogP contribution in [0.3, 0.4) is 0 Å². The molecule has 6 heteroatoms. The molecule has 0 unspecified atom stereocenters. The van der Waals surface area contributed by atoms with Gasteiger partial charge in [0.2, 0.25) is 0 Å². The monoisotopic (exact) mass is 281 g/mol. The summed E-state index contributed by atoms with van der Waals surface area (Å²) in [6, 6.07) is 6.47. The van der Waals surface area contributed by atoms with Gasteiger partial charge in [0.25, 0.3) is 0 Å². The van der Waals surface area contributed by atoms with Gasteiger partial charge in [-0.25, -0.2) is 0 Å². The van der Waals surface area contributed by atoms with Crippen LogP contribution < -0.4 is 34.3 Å². The zero-order chi connectivity index (χ0) is 12.0. The van der Waals surface area contributed by atoms with Gasteiger partial charge in [-0.15, -0.1) is 0 Å². The molecule has 0 bridgehead atoms. The van der Waals surface area contributed by atoms with Gasteiger partial charge < -0.3 is 18.6 Å². The predicted molar refractivity (Wildman–Crippen MR) is 64.9 cm³/mol. The van der Waals surface area contributed by atoms with Crippen LogP contribution in [0.2, 0.25) is 0 Å². The van der Waals surface area contributed by atoms with Crippen molar-refractivity contribution in [2.45, 2.75) is 31.6 Å². The standard InChI is InChI=1S/C12H17O3S.Na.H2O/c1-3-10(4-2)9-15-11-5-7-12(8-6-11)16(13)14;;/h5-8,10H,3-4,9H2,1-2H3;;1H2/q-1;+1;/p-1. The topological polar surface area (TPSA) is 73.4 Å². The minimum absolute atomic E-state index is 0. The van der Waals surface area contributed by atoms with Crippen LogP contribution >= 0.6 is 0 Å². The van der Waals surface area contributed by atoms with Gasteiger partial charge in [0.15, 0.2) is 0 Å². The summed E-state index contributed by atoms with van der Waals surface area (Å²) >= 11 is 0. The van der Waals surface area contributed by atoms with Crippen LogP contribution in [-0.4, -0.2) is 12.1 Å². The van der Waals surface area contributed by atoms with Crippen molar-refractivity contribution >= 4 is 10.7 Å². The van der Waals surface area contributed by atoms with Gasteiger partial charge in [-0.3, -0.25) is 0 Å². The first-order chi connectivity index (χ1) is 7.67. The molecule has 0 aliphatic heterocycles. The molecule has 0 fully saturated rings. The molecule has 0 atom stereocenters. The molecule has 0 saturated carbocycles. The first-order valence-electron chi connectivity index (χ1n) is 5.49. The molecule has 1 aromatic rings. The molecule has 0 aliphatic carbocycles. The van der Waals surface area contributed by atoms with E-state index < -0.39 is 10.7 Å². The number of hydrogen-bond acceptors (Lipinski definition) is 5. The van der Waals surface area contributed by atoms with E-state index in [4.69, 9.17) is 4.74 Å². The summed E-state index contributed by atoms with van der Waals surface area (Å²) in [5, 5.41) is 0. The second-order valence-corrected chi connectivity index (χ2v) is 4.64. The average Bonchev–Trinajstić information content (AvgIpc) is 2.31. The summed E-state index contributed by atoms with van der Waals surface area (Å²) in [4.78, 5) is 0.287. The Kier molecular flexibility index (Phi) is 12.2. The van der Waals surface area contributed by atoms with Gasteiger partial charge >= 0.3 is 29.6 Å². The number of ether oxygens (including phenoxy) is 1. The van der Waals surface area contributed by atoms with Crippen molar-refractivity contribution in [3.8, 4) is 5.75 Å². The van der Waals surface area contributed by atoms with Crippen LogP contribution in [0.25, 0.3) is 0 Å². The molecule has 1 aromatic carbocycles. The molecule has 0 radical (unpaired) electrons. The van der Waals surface area contributed by atoms with Crippen molar-refractivity contribution in [2.75, 3.05) is 6.61 Å². The second kappa shape index (κ2) is 10.8. The smallest absolute Gasteiger partial charge is 0.870 e. The van der Waals surface area contributed by atoms with Crippen molar-refractivity contribution in [1.82, 2.24) is 0 Å². The summed E-state index contributed by atoms with van der Waals surface area (Å²) in [5.74, 6) is 1.29. The molecular formula is C12H18NaO4S-. The number of benzene rings is 1. The van der Waals surface area contributed by atoms with Gasteiger partial charge in [0, 0.05) is 0 Å². The van der Waals surface area contributed by atoms with Gasteiger partial charge in [-0.2, -0.15) is 0 Å². The van der Waals surface area contributed by atoms with Crippen molar-refractivity contribution in [2.24, 2.45) is 5.92 Å². The van der Waals surface area contributed by atoms with Crippen LogP contribution in [0.1, 0.15) is 26.7 Å². The second-order valence-electron chi connectivity index (χ2n) is 3.70. The fraction of sp³-hybridized carbons (Fsp3) is 0.500. The van der Waals surface area contributed by atoms with Crippen molar-refractivity contribution in [1.29, 1.82) is 0 Å². The number of rotatable bonds is 6. The van der Waals surface area contributed by atoms with E-state index in [-0.39, 0.29) is 39.9 Å². The number of hydrogen-bond donors (Lipinski definition) is 0. The van der Waals surface area contributed by atoms with E-state index in [1.165, 1.54) is 0 Å². The zero-order valence-corrected chi connectivity index (χ0v) is 13.9. The minimum atomic E-state index is -2.16. The Labute approximate surface area is 132 Å². The Morgan fingerprint density at radius 2 is 1.61 bits per heavy atom. The third-order valence-corrected chi connectivity index (χ3v) is 3.31. The molecule has 0 aromatic heterocycles. The third-order valence-electron chi connectivity index (χ3n) is 2.66. The molecule has 0 heterocycles. The minimum Gasteiger partial charge on any atom is -0.870 e. The van der Waals surface area contributed by atoms with Gasteiger partial charge in [0.05, 0.1) is 6.61 Å². The maximum absolute atomic E-state index is 10.6. The van der Waals surface area contributed by atoms with E-state index >= 15 is 0 Å². The average molecular weight is 281 g/mol. The van der Waals surface area contributed by atoms with E-state index in [0.717, 1.165) is 18.6 Å². The Hall–Kier alpha value is -0.0700. The van der Waals surface area contributed by atoms with Gasteiger partial charge in [0.1, 0.15) is 5.75 Å². The van der Waals surface area contributed by atoms with Crippen LogP contribution in [0.15, 0.2) is 29.2 Å². The van der Waals surface area contributed by atoms with E-state index in [2.05, 4.69) is 13.8 Å². The fourth-order valence-electron chi connectivity index (χ4n) is 1.39. The third kappa shape index (κ3) is 6.75. The molecule has 0 spiro atoms. The molecule has 98 valence electrons. The molecule has 0 amide bonds. The van der Waals surface area contributed by atoms with Gasteiger partial charge in [-0.1, -0.05) is 43.7 Å². The molecule has 1 N–H and O–H groups in total. The SMILES string of the molecule is CCC(CC)COc1ccc([S-](=O)=O)cc1.[Na+].[OH-]. The summed E-state index contributed by atoms with van der Waals surface area (Å²) in [7, 11) is -2.16. The maximum Gasteiger partial charge on any atom is 1.00 e. The van der Waals surface area contributed by atoms with Crippen LogP contribution in [0.5, 0.6) is 5.75 Å². The largest absolute Gasteiger partial charge is 1.00 e. The molecular weight excluding hydrogens is 263 g/mol. The summed E-state index contributed by atoms with van der Waals surface area (Å²) in [6.07, 6.45) is 2.19. The van der Waals surface area contributed by atoms with Crippen molar-refractivity contribution < 1.29 is 48.2 Å². The molecule has 1 rings (SSSR count). The Bertz CT molecular complexity index is 378. The van der Waals surface area contributed by atoms with Crippen molar-refractivity contribution in [3.05, 3.63) is 24.3 Å². The van der Waals surface area contributed by atoms with E-state index in [9.17, 15) is 8.42 Å². The Morgan fingerprint density at radius 3 is 2.00 bits per heavy atom. The molecule has 0 saturated heterocycles. The zero-order valence-electron chi connectivity index (χ0n) is 11.1. The van der Waals surface area contributed by atoms with E-state index in [1.54, 1.807) is 24.3 Å². The van der Waals surface area contributed by atoms with E-state index in [1.807, 2.05) is 0 Å². The van der Waals surface area contributed by atoms with Crippen molar-refractivity contribution in [3.63, 3.8) is 0 Å². The summed E-state index contributed by atoms with van der Waals surface area (Å²) in [6.45, 7) is 4.97. The van der Waals surface area contributed by atoms with Crippen LogP contribution in [0.4, 0.5) is 0 Å². The fourth-order valence-corrected chi connectivity index (χ4v) is 1.74. The predicted octanol–water partition coefficient (Wildman–Crippen LogP) is -0.00300. The van der Waals surface area contributed by atoms with Crippen LogP contribution in [0, 0.1) is 5.92 Å². The Morgan fingerprint density at radius 1 is 1.11 bits per heavy atom. The summed E-state index contributed by atoms with van der Waals surface area (Å²) in [5.41, 5.74) is 0. The molecule has 18 heavy (non-hydrogen) atoms. The quantitative estimate of drug-likeness (QED) is 0.543. The first-order valence-corrected chi connectivity index (χ1v) is 6.57.